The van der Waals surface area contributed by atoms with Crippen LogP contribution >= 0.6 is 11.6 Å². The average molecular weight is 459 g/mol. The summed E-state index contributed by atoms with van der Waals surface area (Å²) < 4.78 is 38.3. The van der Waals surface area contributed by atoms with Gasteiger partial charge in [0.05, 0.1) is 25.0 Å². The van der Waals surface area contributed by atoms with Crippen LogP contribution in [0.15, 0.2) is 30.6 Å². The molecule has 0 unspecified atom stereocenters. The Morgan fingerprint density at radius 3 is 2.67 bits per heavy atom. The third-order valence-electron chi connectivity index (χ3n) is 4.45. The summed E-state index contributed by atoms with van der Waals surface area (Å²) in [6.07, 6.45) is 3.52. The summed E-state index contributed by atoms with van der Waals surface area (Å²) in [5.74, 6) is 0.331. The van der Waals surface area contributed by atoms with Crippen LogP contribution in [0.25, 0.3) is 0 Å². The van der Waals surface area contributed by atoms with Crippen LogP contribution < -0.4 is 14.4 Å². The monoisotopic (exact) mass is 458 g/mol. The quantitative estimate of drug-likeness (QED) is 0.657. The molecule has 1 aliphatic rings. The van der Waals surface area contributed by atoms with Crippen molar-refractivity contribution in [1.82, 2.24) is 14.2 Å². The lowest BCUT2D eigenvalue weighted by Gasteiger charge is -2.39. The van der Waals surface area contributed by atoms with Crippen LogP contribution in [0.4, 0.5) is 16.2 Å². The number of anilines is 2. The van der Waals surface area contributed by atoms with E-state index in [1.54, 1.807) is 7.05 Å². The topological polar surface area (TPSA) is 129 Å². The first-order valence-corrected chi connectivity index (χ1v) is 10.7. The van der Waals surface area contributed by atoms with E-state index in [-0.39, 0.29) is 16.4 Å². The molecule has 0 atom stereocenters. The van der Waals surface area contributed by atoms with Gasteiger partial charge >= 0.3 is 16.2 Å². The van der Waals surface area contributed by atoms with E-state index in [1.807, 2.05) is 0 Å². The van der Waals surface area contributed by atoms with E-state index in [0.717, 1.165) is 4.31 Å². The van der Waals surface area contributed by atoms with Crippen LogP contribution in [-0.4, -0.2) is 55.1 Å². The van der Waals surface area contributed by atoms with Gasteiger partial charge < -0.3 is 20.0 Å². The van der Waals surface area contributed by atoms with Gasteiger partial charge in [0, 0.05) is 43.2 Å². The van der Waals surface area contributed by atoms with Crippen molar-refractivity contribution in [3.8, 4) is 5.75 Å². The second kappa shape index (κ2) is 9.08. The minimum Gasteiger partial charge on any atom is -0.740 e. The molecule has 2 heterocycles. The first-order valence-electron chi connectivity index (χ1n) is 8.96. The number of nitrogens with one attached hydrogen (secondary N) is 1. The van der Waals surface area contributed by atoms with Crippen molar-refractivity contribution < 1.29 is 22.7 Å². The number of amides is 2. The average Bonchev–Trinajstić information content (AvgIpc) is 3.13. The maximum absolute atomic E-state index is 13.1. The zero-order chi connectivity index (χ0) is 21.9. The Hall–Kier alpha value is -2.54. The van der Waals surface area contributed by atoms with E-state index < -0.39 is 26.8 Å². The summed E-state index contributed by atoms with van der Waals surface area (Å²) in [5, 5.41) is 19.1. The Kier molecular flexibility index (Phi) is 6.71. The number of aryl methyl sites for hydroxylation is 1. The number of hydroxylamine groups is 1. The molecule has 30 heavy (non-hydrogen) atoms. The highest BCUT2D eigenvalue weighted by Crippen LogP contribution is 2.28. The lowest BCUT2D eigenvalue weighted by molar-refractivity contribution is 0.0874. The molecule has 2 amide bonds. The first-order chi connectivity index (χ1) is 14.2. The fourth-order valence-corrected chi connectivity index (χ4v) is 4.67. The number of halogens is 1. The SMILES string of the molecule is COc1cc(Cl)cc(NC(=O)N([O-])S(=O)(=O)N(c2cnn(C)c2)C2CCOCC2)c1. The molecule has 1 saturated heterocycles. The van der Waals surface area contributed by atoms with Gasteiger partial charge in [-0.2, -0.15) is 13.5 Å². The van der Waals surface area contributed by atoms with E-state index >= 15 is 0 Å². The number of nitrogens with zero attached hydrogens (tertiary/aromatic N) is 4. The Balaban J connectivity index is 1.88. The molecule has 0 aliphatic carbocycles. The summed E-state index contributed by atoms with van der Waals surface area (Å²) >= 11 is 5.95. The van der Waals surface area contributed by atoms with Crippen LogP contribution in [0.3, 0.4) is 0 Å². The fraction of sp³-hybridized carbons (Fsp3) is 0.412. The first kappa shape index (κ1) is 22.2. The van der Waals surface area contributed by atoms with Crippen molar-refractivity contribution in [2.75, 3.05) is 29.9 Å². The van der Waals surface area contributed by atoms with Gasteiger partial charge in [-0.05, 0) is 25.0 Å². The number of hydrogen-bond acceptors (Lipinski definition) is 7. The lowest BCUT2D eigenvalue weighted by Crippen LogP contribution is -2.51. The second-order valence-electron chi connectivity index (χ2n) is 6.56. The maximum Gasteiger partial charge on any atom is 0.326 e. The van der Waals surface area contributed by atoms with Gasteiger partial charge in [-0.1, -0.05) is 11.6 Å². The zero-order valence-electron chi connectivity index (χ0n) is 16.3. The molecule has 0 spiro atoms. The van der Waals surface area contributed by atoms with Crippen molar-refractivity contribution in [2.24, 2.45) is 7.05 Å². The minimum absolute atomic E-state index is 0.111. The van der Waals surface area contributed by atoms with Crippen molar-refractivity contribution in [3.05, 3.63) is 40.8 Å². The number of carbonyl (C=O) groups excluding carboxylic acids is 1. The van der Waals surface area contributed by atoms with Crippen molar-refractivity contribution in [2.45, 2.75) is 18.9 Å². The van der Waals surface area contributed by atoms with Crippen molar-refractivity contribution in [3.63, 3.8) is 0 Å². The molecule has 0 saturated carbocycles. The number of hydrogen-bond donors (Lipinski definition) is 1. The number of ether oxygens (including phenoxy) is 2. The Morgan fingerprint density at radius 2 is 2.07 bits per heavy atom. The summed E-state index contributed by atoms with van der Waals surface area (Å²) in [5.41, 5.74) is 0.293. The van der Waals surface area contributed by atoms with E-state index in [1.165, 1.54) is 42.4 Å². The second-order valence-corrected chi connectivity index (χ2v) is 8.61. The number of aromatic nitrogens is 2. The van der Waals surface area contributed by atoms with Crippen LogP contribution in [-0.2, 0) is 22.0 Å². The van der Waals surface area contributed by atoms with Crippen LogP contribution in [0.5, 0.6) is 5.75 Å². The van der Waals surface area contributed by atoms with Gasteiger partial charge in [-0.15, -0.1) is 0 Å². The molecule has 1 aromatic heterocycles. The standard InChI is InChI=1S/C17H21ClN5O6S/c1-21-11-15(10-19-21)22(14-3-5-29-6-4-14)30(26,27)23(25)17(24)20-13-7-12(18)8-16(9-13)28-2/h7-11,14H,3-6H2,1-2H3,(H,20,24)/q-1. The van der Waals surface area contributed by atoms with Crippen molar-refractivity contribution >= 4 is 39.2 Å². The molecular weight excluding hydrogens is 438 g/mol. The van der Waals surface area contributed by atoms with E-state index in [0.29, 0.717) is 31.8 Å². The summed E-state index contributed by atoms with van der Waals surface area (Å²) in [4.78, 5) is 12.5. The Labute approximate surface area is 178 Å². The summed E-state index contributed by atoms with van der Waals surface area (Å²) in [6.45, 7) is 0.675. The number of carbonyl (C=O) groups is 1. The highest BCUT2D eigenvalue weighted by atomic mass is 35.5. The molecule has 11 nitrogen and oxygen atoms in total. The van der Waals surface area contributed by atoms with E-state index in [9.17, 15) is 18.4 Å². The molecule has 2 aromatic rings. The number of rotatable bonds is 6. The van der Waals surface area contributed by atoms with E-state index in [2.05, 4.69) is 10.4 Å². The molecule has 1 aromatic carbocycles. The smallest absolute Gasteiger partial charge is 0.326 e. The van der Waals surface area contributed by atoms with Gasteiger partial charge in [-0.25, -0.2) is 9.10 Å². The van der Waals surface area contributed by atoms with Crippen LogP contribution in [0, 0.1) is 5.21 Å². The number of methoxy groups -OCH3 is 1. The molecule has 1 aliphatic heterocycles. The van der Waals surface area contributed by atoms with Crippen molar-refractivity contribution in [1.29, 1.82) is 0 Å². The minimum atomic E-state index is -4.76. The van der Waals surface area contributed by atoms with Gasteiger partial charge in [0.1, 0.15) is 5.75 Å². The third kappa shape index (κ3) is 4.78. The molecule has 3 rings (SSSR count). The van der Waals surface area contributed by atoms with Gasteiger partial charge in [0.2, 0.25) is 0 Å². The molecular formula is C17H21ClN5O6S-. The van der Waals surface area contributed by atoms with Crippen LogP contribution in [0.2, 0.25) is 5.02 Å². The summed E-state index contributed by atoms with van der Waals surface area (Å²) in [6, 6.07) is 2.32. The largest absolute Gasteiger partial charge is 0.740 e. The zero-order valence-corrected chi connectivity index (χ0v) is 17.9. The van der Waals surface area contributed by atoms with Gasteiger partial charge in [0.15, 0.2) is 0 Å². The number of urea groups is 1. The molecule has 1 N–H and O–H groups in total. The van der Waals surface area contributed by atoms with E-state index in [4.69, 9.17) is 21.1 Å². The third-order valence-corrected chi connectivity index (χ3v) is 6.26. The summed E-state index contributed by atoms with van der Waals surface area (Å²) in [7, 11) is -1.74. The Morgan fingerprint density at radius 1 is 1.37 bits per heavy atom. The van der Waals surface area contributed by atoms with Gasteiger partial charge in [-0.3, -0.25) is 9.15 Å². The lowest BCUT2D eigenvalue weighted by atomic mass is 10.1. The number of benzene rings is 1. The van der Waals surface area contributed by atoms with Crippen LogP contribution in [0.1, 0.15) is 12.8 Å². The maximum atomic E-state index is 13.1. The molecule has 13 heteroatoms. The predicted molar refractivity (Wildman–Crippen MR) is 111 cm³/mol. The molecule has 1 fully saturated rings. The fourth-order valence-electron chi connectivity index (χ4n) is 3.08. The predicted octanol–water partition coefficient (Wildman–Crippen LogP) is 2.34. The highest BCUT2D eigenvalue weighted by molar-refractivity contribution is 7.91. The Bertz CT molecular complexity index is 1010. The molecule has 0 radical (unpaired) electrons. The molecule has 0 bridgehead atoms. The molecule has 164 valence electrons. The normalized spacial score (nSPS) is 14.9. The van der Waals surface area contributed by atoms with Gasteiger partial charge in [0.25, 0.3) is 0 Å². The highest BCUT2D eigenvalue weighted by Gasteiger charge is 2.35.